The van der Waals surface area contributed by atoms with E-state index in [9.17, 15) is 29.2 Å². The molecule has 0 aliphatic rings. The molecule has 8 nitrogen and oxygen atoms in total. The molecule has 0 saturated heterocycles. The maximum Gasteiger partial charge on any atom is 0.333 e. The Bertz CT molecular complexity index is 779. The van der Waals surface area contributed by atoms with Crippen LogP contribution in [0.15, 0.2) is 34.0 Å². The first kappa shape index (κ1) is 12.5. The van der Waals surface area contributed by atoms with Crippen molar-refractivity contribution in [1.82, 2.24) is 9.55 Å². The lowest BCUT2D eigenvalue weighted by atomic mass is 10.2. The molecule has 2 N–H and O–H groups in total. The van der Waals surface area contributed by atoms with Crippen molar-refractivity contribution in [1.29, 1.82) is 0 Å². The number of nitrogens with zero attached hydrogens (tertiary/aromatic N) is 2. The molecule has 0 saturated carbocycles. The van der Waals surface area contributed by atoms with Crippen LogP contribution >= 0.6 is 0 Å². The molecule has 0 radical (unpaired) electrons. The molecular formula is C10H6FN3O5. The van der Waals surface area contributed by atoms with Crippen LogP contribution in [0.2, 0.25) is 0 Å². The lowest BCUT2D eigenvalue weighted by Gasteiger charge is -2.05. The van der Waals surface area contributed by atoms with Crippen LogP contribution in [0.3, 0.4) is 0 Å². The van der Waals surface area contributed by atoms with E-state index in [2.05, 4.69) is 0 Å². The lowest BCUT2D eigenvalue weighted by Crippen LogP contribution is -2.30. The number of phenols is 1. The normalized spacial score (nSPS) is 10.4. The molecule has 2 aromatic rings. The number of nitrogens with one attached hydrogen (secondary N) is 1. The van der Waals surface area contributed by atoms with Crippen molar-refractivity contribution in [2.75, 3.05) is 0 Å². The Balaban J connectivity index is 2.70. The molecule has 1 aromatic heterocycles. The molecule has 98 valence electrons. The zero-order valence-corrected chi connectivity index (χ0v) is 9.16. The molecule has 0 unspecified atom stereocenters. The van der Waals surface area contributed by atoms with Gasteiger partial charge in [0.2, 0.25) is 5.82 Å². The van der Waals surface area contributed by atoms with Gasteiger partial charge in [0.1, 0.15) is 0 Å². The molecule has 9 heteroatoms. The highest BCUT2D eigenvalue weighted by atomic mass is 19.1. The summed E-state index contributed by atoms with van der Waals surface area (Å²) in [6, 6.07) is 3.04. The van der Waals surface area contributed by atoms with Crippen molar-refractivity contribution in [3.8, 4) is 11.4 Å². The SMILES string of the molecule is O=c1[nH]c(=O)n(-c2ccc(O)c([N+](=O)[O-])c2)cc1F. The molecule has 0 fully saturated rings. The minimum atomic E-state index is -1.21. The third-order valence-electron chi connectivity index (χ3n) is 2.33. The van der Waals surface area contributed by atoms with Crippen LogP contribution < -0.4 is 11.2 Å². The number of halogens is 1. The van der Waals surface area contributed by atoms with E-state index in [4.69, 9.17) is 0 Å². The Hall–Kier alpha value is -2.97. The van der Waals surface area contributed by atoms with Gasteiger partial charge in [-0.3, -0.25) is 24.5 Å². The van der Waals surface area contributed by atoms with Crippen LogP contribution in [0, 0.1) is 15.9 Å². The van der Waals surface area contributed by atoms with E-state index in [0.717, 1.165) is 12.1 Å². The largest absolute Gasteiger partial charge is 0.502 e. The monoisotopic (exact) mass is 267 g/mol. The van der Waals surface area contributed by atoms with Gasteiger partial charge in [-0.15, -0.1) is 0 Å². The van der Waals surface area contributed by atoms with Crippen LogP contribution in [-0.2, 0) is 0 Å². The molecule has 1 heterocycles. The number of H-pyrrole nitrogens is 1. The maximum absolute atomic E-state index is 13.1. The van der Waals surface area contributed by atoms with Crippen molar-refractivity contribution < 1.29 is 14.4 Å². The summed E-state index contributed by atoms with van der Waals surface area (Å²) in [4.78, 5) is 33.8. The Morgan fingerprint density at radius 2 is 2.05 bits per heavy atom. The van der Waals surface area contributed by atoms with Gasteiger partial charge in [0, 0.05) is 6.07 Å². The van der Waals surface area contributed by atoms with E-state index in [0.29, 0.717) is 10.8 Å². The van der Waals surface area contributed by atoms with E-state index >= 15 is 0 Å². The van der Waals surface area contributed by atoms with Gasteiger partial charge in [0.15, 0.2) is 5.75 Å². The predicted octanol–water partition coefficient (Wildman–Crippen LogP) is 0.279. The number of benzene rings is 1. The number of aromatic amines is 1. The van der Waals surface area contributed by atoms with E-state index in [1.807, 2.05) is 0 Å². The van der Waals surface area contributed by atoms with Crippen LogP contribution in [0.1, 0.15) is 0 Å². The van der Waals surface area contributed by atoms with Crippen LogP contribution in [0.25, 0.3) is 5.69 Å². The maximum atomic E-state index is 13.1. The second kappa shape index (κ2) is 4.37. The molecule has 0 aliphatic carbocycles. The fourth-order valence-electron chi connectivity index (χ4n) is 1.45. The van der Waals surface area contributed by atoms with Crippen LogP contribution in [0.5, 0.6) is 5.75 Å². The third kappa shape index (κ3) is 2.20. The fourth-order valence-corrected chi connectivity index (χ4v) is 1.45. The van der Waals surface area contributed by atoms with Crippen LogP contribution in [-0.4, -0.2) is 19.6 Å². The minimum absolute atomic E-state index is 0.0651. The lowest BCUT2D eigenvalue weighted by molar-refractivity contribution is -0.385. The van der Waals surface area contributed by atoms with Gasteiger partial charge in [0.05, 0.1) is 16.8 Å². The van der Waals surface area contributed by atoms with E-state index in [-0.39, 0.29) is 5.69 Å². The topological polar surface area (TPSA) is 118 Å². The molecule has 0 spiro atoms. The number of hydrogen-bond donors (Lipinski definition) is 2. The summed E-state index contributed by atoms with van der Waals surface area (Å²) < 4.78 is 13.8. The highest BCUT2D eigenvalue weighted by molar-refractivity contribution is 5.52. The van der Waals surface area contributed by atoms with Gasteiger partial charge in [-0.2, -0.15) is 4.39 Å². The highest BCUT2D eigenvalue weighted by Gasteiger charge is 2.15. The van der Waals surface area contributed by atoms with Gasteiger partial charge in [-0.1, -0.05) is 0 Å². The first-order valence-corrected chi connectivity index (χ1v) is 4.89. The number of rotatable bonds is 2. The number of nitro benzene ring substituents is 1. The number of nitro groups is 1. The van der Waals surface area contributed by atoms with Gasteiger partial charge in [-0.05, 0) is 12.1 Å². The molecule has 1 aromatic carbocycles. The van der Waals surface area contributed by atoms with Crippen molar-refractivity contribution in [3.05, 3.63) is 61.2 Å². The second-order valence-corrected chi connectivity index (χ2v) is 3.54. The van der Waals surface area contributed by atoms with Crippen molar-refractivity contribution in [2.24, 2.45) is 0 Å². The third-order valence-corrected chi connectivity index (χ3v) is 2.33. The van der Waals surface area contributed by atoms with Crippen LogP contribution in [0.4, 0.5) is 10.1 Å². The minimum Gasteiger partial charge on any atom is -0.502 e. The van der Waals surface area contributed by atoms with Gasteiger partial charge in [-0.25, -0.2) is 4.79 Å². The number of aromatic nitrogens is 2. The Kier molecular flexibility index (Phi) is 2.87. The predicted molar refractivity (Wildman–Crippen MR) is 60.9 cm³/mol. The zero-order valence-electron chi connectivity index (χ0n) is 9.16. The standard InChI is InChI=1S/C10H6FN3O5/c11-6-4-13(10(17)12-9(6)16)5-1-2-8(15)7(3-5)14(18)19/h1-4,15H,(H,12,16,17). The molecule has 19 heavy (non-hydrogen) atoms. The molecule has 0 bridgehead atoms. The molecule has 0 amide bonds. The summed E-state index contributed by atoms with van der Waals surface area (Å²) >= 11 is 0. The smallest absolute Gasteiger partial charge is 0.333 e. The summed E-state index contributed by atoms with van der Waals surface area (Å²) in [6.45, 7) is 0. The molecular weight excluding hydrogens is 261 g/mol. The van der Waals surface area contributed by atoms with Crippen molar-refractivity contribution >= 4 is 5.69 Å². The Labute approximate surface area is 103 Å². The fraction of sp³-hybridized carbons (Fsp3) is 0. The summed E-state index contributed by atoms with van der Waals surface area (Å²) in [5.74, 6) is -1.80. The van der Waals surface area contributed by atoms with E-state index in [1.54, 1.807) is 4.98 Å². The van der Waals surface area contributed by atoms with Crippen molar-refractivity contribution in [2.45, 2.75) is 0 Å². The number of phenolic OH excluding ortho intramolecular Hbond substituents is 1. The van der Waals surface area contributed by atoms with E-state index in [1.165, 1.54) is 6.07 Å². The molecule has 0 aliphatic heterocycles. The zero-order chi connectivity index (χ0) is 14.2. The molecule has 2 rings (SSSR count). The van der Waals surface area contributed by atoms with Gasteiger partial charge >= 0.3 is 11.4 Å². The first-order chi connectivity index (χ1) is 8.90. The summed E-state index contributed by atoms with van der Waals surface area (Å²) in [5.41, 5.74) is -2.85. The quantitative estimate of drug-likeness (QED) is 0.598. The Morgan fingerprint density at radius 1 is 1.37 bits per heavy atom. The molecule has 0 atom stereocenters. The first-order valence-electron chi connectivity index (χ1n) is 4.89. The van der Waals surface area contributed by atoms with Crippen molar-refractivity contribution in [3.63, 3.8) is 0 Å². The highest BCUT2D eigenvalue weighted by Crippen LogP contribution is 2.27. The summed E-state index contributed by atoms with van der Waals surface area (Å²) in [5, 5.41) is 19.9. The number of hydrogen-bond acceptors (Lipinski definition) is 5. The summed E-state index contributed by atoms with van der Waals surface area (Å²) in [7, 11) is 0. The van der Waals surface area contributed by atoms with Gasteiger partial charge in [0.25, 0.3) is 5.56 Å². The average Bonchev–Trinajstić information content (AvgIpc) is 2.34. The van der Waals surface area contributed by atoms with Gasteiger partial charge < -0.3 is 5.11 Å². The van der Waals surface area contributed by atoms with E-state index < -0.39 is 33.4 Å². The second-order valence-electron chi connectivity index (χ2n) is 3.54. The number of aromatic hydroxyl groups is 1. The Morgan fingerprint density at radius 3 is 2.68 bits per heavy atom. The average molecular weight is 267 g/mol. The summed E-state index contributed by atoms with van der Waals surface area (Å²) in [6.07, 6.45) is 0.608.